The van der Waals surface area contributed by atoms with Gasteiger partial charge in [0.1, 0.15) is 11.5 Å². The summed E-state index contributed by atoms with van der Waals surface area (Å²) in [4.78, 5) is 0. The normalized spacial score (nSPS) is 10.5. The smallest absolute Gasteiger partial charge is 0.131 e. The van der Waals surface area contributed by atoms with Gasteiger partial charge in [-0.3, -0.25) is 0 Å². The lowest BCUT2D eigenvalue weighted by Gasteiger charge is -2.11. The molecular formula is C15H16OS3. The van der Waals surface area contributed by atoms with Crippen LogP contribution in [0.1, 0.15) is 16.7 Å². The van der Waals surface area contributed by atoms with Gasteiger partial charge in [-0.05, 0) is 29.3 Å². The molecule has 2 aromatic carbocycles. The summed E-state index contributed by atoms with van der Waals surface area (Å²) < 4.78 is 5.90. The summed E-state index contributed by atoms with van der Waals surface area (Å²) in [5.74, 6) is 3.77. The molecule has 0 amide bonds. The van der Waals surface area contributed by atoms with Crippen LogP contribution in [0.4, 0.5) is 0 Å². The van der Waals surface area contributed by atoms with Crippen LogP contribution in [0, 0.1) is 0 Å². The fraction of sp³-hybridized carbons (Fsp3) is 0.200. The van der Waals surface area contributed by atoms with E-state index in [4.69, 9.17) is 4.74 Å². The standard InChI is InChI=1S/C15H16OS3/c17-8-11-1-4-14(5-2-11)16-15-6-3-12(9-18)7-13(15)10-19/h1-7,17-19H,8-10H2. The van der Waals surface area contributed by atoms with Crippen LogP contribution in [0.25, 0.3) is 0 Å². The van der Waals surface area contributed by atoms with E-state index >= 15 is 0 Å². The van der Waals surface area contributed by atoms with E-state index in [0.29, 0.717) is 5.75 Å². The Balaban J connectivity index is 2.21. The molecule has 0 saturated carbocycles. The molecule has 0 aromatic heterocycles. The topological polar surface area (TPSA) is 9.23 Å². The van der Waals surface area contributed by atoms with Crippen LogP contribution in [-0.2, 0) is 17.3 Å². The van der Waals surface area contributed by atoms with Crippen LogP contribution in [0.2, 0.25) is 0 Å². The predicted octanol–water partition coefficient (Wildman–Crippen LogP) is 4.77. The molecule has 0 atom stereocenters. The summed E-state index contributed by atoms with van der Waals surface area (Å²) in [6, 6.07) is 14.0. The molecule has 1 nitrogen and oxygen atoms in total. The molecule has 19 heavy (non-hydrogen) atoms. The predicted molar refractivity (Wildman–Crippen MR) is 91.0 cm³/mol. The van der Waals surface area contributed by atoms with E-state index < -0.39 is 0 Å². The molecule has 0 saturated heterocycles. The number of hydrogen-bond acceptors (Lipinski definition) is 4. The van der Waals surface area contributed by atoms with Gasteiger partial charge in [0.25, 0.3) is 0 Å². The molecule has 4 heteroatoms. The Morgan fingerprint density at radius 1 is 0.737 bits per heavy atom. The molecule has 0 unspecified atom stereocenters. The third-order valence-corrected chi connectivity index (χ3v) is 3.88. The van der Waals surface area contributed by atoms with Crippen molar-refractivity contribution in [2.24, 2.45) is 0 Å². The Morgan fingerprint density at radius 3 is 1.95 bits per heavy atom. The van der Waals surface area contributed by atoms with Gasteiger partial charge in [0.05, 0.1) is 0 Å². The Bertz CT molecular complexity index is 538. The first kappa shape index (κ1) is 14.7. The molecule has 0 aliphatic rings. The third kappa shape index (κ3) is 3.88. The quantitative estimate of drug-likeness (QED) is 0.675. The first-order valence-electron chi connectivity index (χ1n) is 5.98. The van der Waals surface area contributed by atoms with E-state index in [0.717, 1.165) is 28.6 Å². The van der Waals surface area contributed by atoms with E-state index in [1.807, 2.05) is 36.4 Å². The van der Waals surface area contributed by atoms with Crippen LogP contribution in [0.15, 0.2) is 42.5 Å². The van der Waals surface area contributed by atoms with E-state index in [2.05, 4.69) is 44.0 Å². The molecule has 2 rings (SSSR count). The highest BCUT2D eigenvalue weighted by atomic mass is 32.1. The van der Waals surface area contributed by atoms with Crippen molar-refractivity contribution in [3.63, 3.8) is 0 Å². The third-order valence-electron chi connectivity index (χ3n) is 2.81. The fourth-order valence-corrected chi connectivity index (χ4v) is 2.40. The van der Waals surface area contributed by atoms with Crippen molar-refractivity contribution in [1.82, 2.24) is 0 Å². The van der Waals surface area contributed by atoms with Gasteiger partial charge in [0.15, 0.2) is 0 Å². The zero-order valence-corrected chi connectivity index (χ0v) is 13.1. The number of thiol groups is 3. The Morgan fingerprint density at radius 2 is 1.37 bits per heavy atom. The van der Waals surface area contributed by atoms with Crippen molar-refractivity contribution in [3.8, 4) is 11.5 Å². The van der Waals surface area contributed by atoms with E-state index in [9.17, 15) is 0 Å². The van der Waals surface area contributed by atoms with Gasteiger partial charge in [-0.25, -0.2) is 0 Å². The van der Waals surface area contributed by atoms with E-state index in [-0.39, 0.29) is 0 Å². The summed E-state index contributed by atoms with van der Waals surface area (Å²) in [6.45, 7) is 0. The highest BCUT2D eigenvalue weighted by molar-refractivity contribution is 7.79. The lowest BCUT2D eigenvalue weighted by molar-refractivity contribution is 0.478. The van der Waals surface area contributed by atoms with Crippen molar-refractivity contribution < 1.29 is 4.74 Å². The fourth-order valence-electron chi connectivity index (χ4n) is 1.74. The number of ether oxygens (including phenoxy) is 1. The lowest BCUT2D eigenvalue weighted by atomic mass is 10.1. The monoisotopic (exact) mass is 308 g/mol. The first-order chi connectivity index (χ1) is 9.26. The minimum absolute atomic E-state index is 0.645. The molecule has 100 valence electrons. The number of hydrogen-bond donors (Lipinski definition) is 3. The molecule has 0 radical (unpaired) electrons. The average molecular weight is 308 g/mol. The first-order valence-corrected chi connectivity index (χ1v) is 7.87. The molecule has 0 fully saturated rings. The minimum atomic E-state index is 0.645. The second-order valence-corrected chi connectivity index (χ2v) is 5.11. The molecule has 0 bridgehead atoms. The van der Waals surface area contributed by atoms with Crippen LogP contribution in [0.3, 0.4) is 0 Å². The van der Waals surface area contributed by atoms with Gasteiger partial charge in [0, 0.05) is 22.8 Å². The zero-order chi connectivity index (χ0) is 13.7. The van der Waals surface area contributed by atoms with Crippen molar-refractivity contribution in [2.75, 3.05) is 0 Å². The molecule has 2 aromatic rings. The Labute approximate surface area is 130 Å². The highest BCUT2D eigenvalue weighted by Crippen LogP contribution is 2.28. The number of rotatable bonds is 5. The van der Waals surface area contributed by atoms with Gasteiger partial charge in [-0.2, -0.15) is 37.9 Å². The number of benzene rings is 2. The van der Waals surface area contributed by atoms with Gasteiger partial charge in [0.2, 0.25) is 0 Å². The van der Waals surface area contributed by atoms with Crippen molar-refractivity contribution in [1.29, 1.82) is 0 Å². The summed E-state index contributed by atoms with van der Waals surface area (Å²) in [5, 5.41) is 0. The zero-order valence-electron chi connectivity index (χ0n) is 10.4. The second kappa shape index (κ2) is 7.17. The Kier molecular flexibility index (Phi) is 5.55. The Hall–Kier alpha value is -0.710. The van der Waals surface area contributed by atoms with Crippen LogP contribution in [-0.4, -0.2) is 0 Å². The average Bonchev–Trinajstić information content (AvgIpc) is 2.48. The molecule has 0 N–H and O–H groups in total. The van der Waals surface area contributed by atoms with Crippen LogP contribution >= 0.6 is 37.9 Å². The molecular weight excluding hydrogens is 292 g/mol. The summed E-state index contributed by atoms with van der Waals surface area (Å²) in [5.41, 5.74) is 3.42. The van der Waals surface area contributed by atoms with Crippen LogP contribution in [0.5, 0.6) is 11.5 Å². The maximum atomic E-state index is 5.90. The second-order valence-electron chi connectivity index (χ2n) is 4.16. The largest absolute Gasteiger partial charge is 0.457 e. The van der Waals surface area contributed by atoms with Crippen molar-refractivity contribution in [3.05, 3.63) is 59.2 Å². The van der Waals surface area contributed by atoms with Gasteiger partial charge in [-0.15, -0.1) is 0 Å². The minimum Gasteiger partial charge on any atom is -0.457 e. The molecule has 0 heterocycles. The highest BCUT2D eigenvalue weighted by Gasteiger charge is 2.05. The molecule has 0 aliphatic heterocycles. The summed E-state index contributed by atoms with van der Waals surface area (Å²) in [7, 11) is 0. The summed E-state index contributed by atoms with van der Waals surface area (Å²) >= 11 is 12.9. The van der Waals surface area contributed by atoms with Crippen LogP contribution < -0.4 is 4.74 Å². The summed E-state index contributed by atoms with van der Waals surface area (Å²) in [6.07, 6.45) is 0. The lowest BCUT2D eigenvalue weighted by Crippen LogP contribution is -1.92. The van der Waals surface area contributed by atoms with Gasteiger partial charge in [-0.1, -0.05) is 24.3 Å². The van der Waals surface area contributed by atoms with Gasteiger partial charge >= 0.3 is 0 Å². The van der Waals surface area contributed by atoms with E-state index in [1.165, 1.54) is 11.1 Å². The van der Waals surface area contributed by atoms with E-state index in [1.54, 1.807) is 0 Å². The molecule has 0 aliphatic carbocycles. The maximum absolute atomic E-state index is 5.90. The van der Waals surface area contributed by atoms with Gasteiger partial charge < -0.3 is 4.74 Å². The molecule has 0 spiro atoms. The SMILES string of the molecule is SCc1ccc(Oc2ccc(CS)cc2CS)cc1. The van der Waals surface area contributed by atoms with Crippen molar-refractivity contribution in [2.45, 2.75) is 17.3 Å². The maximum Gasteiger partial charge on any atom is 0.131 e. The van der Waals surface area contributed by atoms with Crippen molar-refractivity contribution >= 4 is 37.9 Å².